The molecular weight excluding hydrogens is 254 g/mol. The standard InChI is InChI=1S/C16H29NO3/c1-13(18)14-6-5-10-17(12-14)15(19)16(9-11-20-2)7-3-4-8-16/h13-14,18H,3-12H2,1-2H3. The zero-order chi connectivity index (χ0) is 14.6. The van der Waals surface area contributed by atoms with Gasteiger partial charge in [0.1, 0.15) is 0 Å². The molecule has 4 heteroatoms. The number of hydrogen-bond acceptors (Lipinski definition) is 3. The lowest BCUT2D eigenvalue weighted by Gasteiger charge is -2.39. The summed E-state index contributed by atoms with van der Waals surface area (Å²) in [5, 5.41) is 9.79. The molecule has 2 atom stereocenters. The van der Waals surface area contributed by atoms with Crippen molar-refractivity contribution in [2.24, 2.45) is 11.3 Å². The molecule has 116 valence electrons. The van der Waals surface area contributed by atoms with Crippen molar-refractivity contribution in [3.8, 4) is 0 Å². The van der Waals surface area contributed by atoms with Crippen LogP contribution in [0.25, 0.3) is 0 Å². The number of carbonyl (C=O) groups is 1. The molecule has 1 N–H and O–H groups in total. The molecule has 20 heavy (non-hydrogen) atoms. The molecule has 0 bridgehead atoms. The van der Waals surface area contributed by atoms with Crippen LogP contribution in [0.4, 0.5) is 0 Å². The van der Waals surface area contributed by atoms with E-state index in [4.69, 9.17) is 4.74 Å². The van der Waals surface area contributed by atoms with E-state index in [0.717, 1.165) is 58.0 Å². The van der Waals surface area contributed by atoms with Gasteiger partial charge in [-0.05, 0) is 39.0 Å². The third-order valence-electron chi connectivity index (χ3n) is 5.23. The van der Waals surface area contributed by atoms with Gasteiger partial charge in [0, 0.05) is 32.7 Å². The summed E-state index contributed by atoms with van der Waals surface area (Å²) in [6.45, 7) is 4.09. The van der Waals surface area contributed by atoms with Gasteiger partial charge in [-0.3, -0.25) is 4.79 Å². The Hall–Kier alpha value is -0.610. The van der Waals surface area contributed by atoms with Gasteiger partial charge in [0.2, 0.25) is 5.91 Å². The second kappa shape index (κ2) is 6.90. The monoisotopic (exact) mass is 283 g/mol. The first-order valence-corrected chi connectivity index (χ1v) is 8.05. The van der Waals surface area contributed by atoms with Crippen LogP contribution in [0.5, 0.6) is 0 Å². The number of aliphatic hydroxyl groups is 1. The highest BCUT2D eigenvalue weighted by Crippen LogP contribution is 2.43. The maximum absolute atomic E-state index is 13.0. The Labute approximate surface area is 122 Å². The van der Waals surface area contributed by atoms with Gasteiger partial charge in [0.05, 0.1) is 11.5 Å². The van der Waals surface area contributed by atoms with E-state index < -0.39 is 0 Å². The molecular formula is C16H29NO3. The second-order valence-electron chi connectivity index (χ2n) is 6.62. The van der Waals surface area contributed by atoms with Crippen LogP contribution >= 0.6 is 0 Å². The quantitative estimate of drug-likeness (QED) is 0.841. The molecule has 2 unspecified atom stereocenters. The maximum atomic E-state index is 13.0. The minimum absolute atomic E-state index is 0.184. The first-order chi connectivity index (χ1) is 9.59. The molecule has 1 amide bonds. The van der Waals surface area contributed by atoms with E-state index in [1.807, 2.05) is 11.8 Å². The molecule has 1 saturated heterocycles. The highest BCUT2D eigenvalue weighted by Gasteiger charge is 2.44. The number of methoxy groups -OCH3 is 1. The Bertz CT molecular complexity index is 324. The van der Waals surface area contributed by atoms with Crippen LogP contribution in [0.1, 0.15) is 51.9 Å². The summed E-state index contributed by atoms with van der Waals surface area (Å²) in [6.07, 6.45) is 6.90. The fourth-order valence-electron chi connectivity index (χ4n) is 3.84. The van der Waals surface area contributed by atoms with Crippen molar-refractivity contribution in [1.29, 1.82) is 0 Å². The van der Waals surface area contributed by atoms with Gasteiger partial charge in [-0.1, -0.05) is 12.8 Å². The van der Waals surface area contributed by atoms with Crippen LogP contribution in [-0.4, -0.2) is 48.8 Å². The molecule has 2 fully saturated rings. The number of amides is 1. The van der Waals surface area contributed by atoms with E-state index in [9.17, 15) is 9.90 Å². The summed E-state index contributed by atoms with van der Waals surface area (Å²) in [4.78, 5) is 15.0. The minimum Gasteiger partial charge on any atom is -0.393 e. The molecule has 0 radical (unpaired) electrons. The molecule has 0 aromatic rings. The summed E-state index contributed by atoms with van der Waals surface area (Å²) < 4.78 is 5.21. The zero-order valence-electron chi connectivity index (χ0n) is 12.9. The Kier molecular flexibility index (Phi) is 5.44. The van der Waals surface area contributed by atoms with Crippen LogP contribution < -0.4 is 0 Å². The predicted molar refractivity (Wildman–Crippen MR) is 78.4 cm³/mol. The minimum atomic E-state index is -0.316. The molecule has 0 aromatic heterocycles. The number of likely N-dealkylation sites (tertiary alicyclic amines) is 1. The molecule has 1 heterocycles. The number of nitrogens with zero attached hydrogens (tertiary/aromatic N) is 1. The molecule has 2 aliphatic rings. The van der Waals surface area contributed by atoms with Crippen molar-refractivity contribution in [1.82, 2.24) is 4.90 Å². The van der Waals surface area contributed by atoms with Gasteiger partial charge in [-0.2, -0.15) is 0 Å². The number of aliphatic hydroxyl groups excluding tert-OH is 1. The van der Waals surface area contributed by atoms with E-state index >= 15 is 0 Å². The SMILES string of the molecule is COCCC1(C(=O)N2CCCC(C(C)O)C2)CCCC1. The van der Waals surface area contributed by atoms with Crippen LogP contribution in [-0.2, 0) is 9.53 Å². The molecule has 1 saturated carbocycles. The molecule has 4 nitrogen and oxygen atoms in total. The normalized spacial score (nSPS) is 27.6. The zero-order valence-corrected chi connectivity index (χ0v) is 12.9. The summed E-state index contributed by atoms with van der Waals surface area (Å²) in [6, 6.07) is 0. The number of rotatable bonds is 5. The first kappa shape index (κ1) is 15.8. The van der Waals surface area contributed by atoms with Gasteiger partial charge in [0.25, 0.3) is 0 Å². The molecule has 0 spiro atoms. The van der Waals surface area contributed by atoms with Gasteiger partial charge in [0.15, 0.2) is 0 Å². The molecule has 1 aliphatic heterocycles. The van der Waals surface area contributed by atoms with E-state index in [1.165, 1.54) is 0 Å². The highest BCUT2D eigenvalue weighted by molar-refractivity contribution is 5.83. The predicted octanol–water partition coefficient (Wildman–Crippen LogP) is 2.20. The van der Waals surface area contributed by atoms with E-state index in [2.05, 4.69) is 0 Å². The van der Waals surface area contributed by atoms with Crippen LogP contribution in [0.2, 0.25) is 0 Å². The smallest absolute Gasteiger partial charge is 0.228 e. The van der Waals surface area contributed by atoms with Crippen LogP contribution in [0.3, 0.4) is 0 Å². The number of hydrogen-bond donors (Lipinski definition) is 1. The maximum Gasteiger partial charge on any atom is 0.228 e. The Morgan fingerprint density at radius 1 is 1.40 bits per heavy atom. The average molecular weight is 283 g/mol. The second-order valence-corrected chi connectivity index (χ2v) is 6.62. The largest absolute Gasteiger partial charge is 0.393 e. The molecule has 0 aromatic carbocycles. The number of ether oxygens (including phenoxy) is 1. The van der Waals surface area contributed by atoms with E-state index in [0.29, 0.717) is 12.5 Å². The third-order valence-corrected chi connectivity index (χ3v) is 5.23. The summed E-state index contributed by atoms with van der Waals surface area (Å²) in [5.41, 5.74) is -0.184. The van der Waals surface area contributed by atoms with Gasteiger partial charge in [-0.15, -0.1) is 0 Å². The van der Waals surface area contributed by atoms with Gasteiger partial charge < -0.3 is 14.7 Å². The van der Waals surface area contributed by atoms with Gasteiger partial charge in [-0.25, -0.2) is 0 Å². The Morgan fingerprint density at radius 3 is 2.70 bits per heavy atom. The summed E-state index contributed by atoms with van der Waals surface area (Å²) in [7, 11) is 1.71. The van der Waals surface area contributed by atoms with Crippen molar-refractivity contribution in [3.63, 3.8) is 0 Å². The Balaban J connectivity index is 2.03. The van der Waals surface area contributed by atoms with E-state index in [-0.39, 0.29) is 17.4 Å². The molecule has 2 rings (SSSR count). The van der Waals surface area contributed by atoms with Crippen LogP contribution in [0.15, 0.2) is 0 Å². The first-order valence-electron chi connectivity index (χ1n) is 8.05. The van der Waals surface area contributed by atoms with Crippen molar-refractivity contribution >= 4 is 5.91 Å². The lowest BCUT2D eigenvalue weighted by atomic mass is 9.80. The van der Waals surface area contributed by atoms with E-state index in [1.54, 1.807) is 7.11 Å². The molecule has 1 aliphatic carbocycles. The Morgan fingerprint density at radius 2 is 2.10 bits per heavy atom. The summed E-state index contributed by atoms with van der Waals surface area (Å²) in [5.74, 6) is 0.561. The highest BCUT2D eigenvalue weighted by atomic mass is 16.5. The third kappa shape index (κ3) is 3.34. The van der Waals surface area contributed by atoms with Crippen molar-refractivity contribution in [2.45, 2.75) is 58.0 Å². The fourth-order valence-corrected chi connectivity index (χ4v) is 3.84. The number of carbonyl (C=O) groups excluding carboxylic acids is 1. The lowest BCUT2D eigenvalue weighted by molar-refractivity contribution is -0.145. The van der Waals surface area contributed by atoms with Gasteiger partial charge >= 0.3 is 0 Å². The lowest BCUT2D eigenvalue weighted by Crippen LogP contribution is -2.49. The van der Waals surface area contributed by atoms with Crippen molar-refractivity contribution in [3.05, 3.63) is 0 Å². The van der Waals surface area contributed by atoms with Crippen molar-refractivity contribution in [2.75, 3.05) is 26.8 Å². The van der Waals surface area contributed by atoms with Crippen LogP contribution in [0, 0.1) is 11.3 Å². The topological polar surface area (TPSA) is 49.8 Å². The number of piperidine rings is 1. The average Bonchev–Trinajstić information content (AvgIpc) is 2.94. The fraction of sp³-hybridized carbons (Fsp3) is 0.938. The summed E-state index contributed by atoms with van der Waals surface area (Å²) >= 11 is 0. The van der Waals surface area contributed by atoms with Crippen molar-refractivity contribution < 1.29 is 14.6 Å².